The zero-order chi connectivity index (χ0) is 10.6. The second kappa shape index (κ2) is 4.13. The van der Waals surface area contributed by atoms with Crippen molar-refractivity contribution in [1.82, 2.24) is 5.54 Å². The highest BCUT2D eigenvalue weighted by atomic mass is 19.3. The van der Waals surface area contributed by atoms with Gasteiger partial charge >= 0.3 is 11.8 Å². The van der Waals surface area contributed by atoms with Crippen LogP contribution < -0.4 is 5.54 Å². The van der Waals surface area contributed by atoms with E-state index in [2.05, 4.69) is 0 Å². The summed E-state index contributed by atoms with van der Waals surface area (Å²) in [6, 6.07) is 7.69. The molecule has 0 spiro atoms. The van der Waals surface area contributed by atoms with E-state index in [-0.39, 0.29) is 5.56 Å². The Morgan fingerprint density at radius 2 is 1.86 bits per heavy atom. The molecule has 0 bridgehead atoms. The summed E-state index contributed by atoms with van der Waals surface area (Å²) in [5.41, 5.74) is 0.715. The first kappa shape index (κ1) is 10.6. The molecule has 0 aliphatic heterocycles. The summed E-state index contributed by atoms with van der Waals surface area (Å²) in [6.45, 7) is 0. The zero-order valence-electron chi connectivity index (χ0n) is 7.14. The molecule has 0 aliphatic carbocycles. The van der Waals surface area contributed by atoms with E-state index < -0.39 is 18.3 Å². The van der Waals surface area contributed by atoms with Crippen LogP contribution in [-0.2, 0) is 11.2 Å². The van der Waals surface area contributed by atoms with Gasteiger partial charge in [-0.2, -0.15) is 14.3 Å². The quantitative estimate of drug-likeness (QED) is 0.746. The van der Waals surface area contributed by atoms with Crippen molar-refractivity contribution in [3.63, 3.8) is 0 Å². The molecule has 0 aliphatic rings. The van der Waals surface area contributed by atoms with E-state index in [1.54, 1.807) is 18.2 Å². The van der Waals surface area contributed by atoms with Crippen LogP contribution >= 0.6 is 0 Å². The molecule has 14 heavy (non-hydrogen) atoms. The van der Waals surface area contributed by atoms with Gasteiger partial charge in [0.2, 0.25) is 0 Å². The first-order valence-corrected chi connectivity index (χ1v) is 3.89. The second-order valence-electron chi connectivity index (χ2n) is 2.79. The van der Waals surface area contributed by atoms with Crippen LogP contribution in [0.5, 0.6) is 0 Å². The van der Waals surface area contributed by atoms with Gasteiger partial charge in [-0.1, -0.05) is 30.3 Å². The molecule has 0 fully saturated rings. The lowest BCUT2D eigenvalue weighted by Gasteiger charge is -2.12. The van der Waals surface area contributed by atoms with Gasteiger partial charge in [-0.3, -0.25) is 4.79 Å². The van der Waals surface area contributed by atoms with Gasteiger partial charge in [-0.15, -0.1) is 4.48 Å². The minimum absolute atomic E-state index is 0.279. The Bertz CT molecular complexity index is 313. The minimum atomic E-state index is -3.71. The maximum absolute atomic E-state index is 12.9. The molecule has 0 unspecified atom stereocenters. The largest absolute Gasteiger partial charge is 0.330 e. The van der Waals surface area contributed by atoms with Gasteiger partial charge in [0.25, 0.3) is 0 Å². The third kappa shape index (κ3) is 2.48. The van der Waals surface area contributed by atoms with Crippen molar-refractivity contribution in [2.75, 3.05) is 0 Å². The zero-order valence-corrected chi connectivity index (χ0v) is 7.14. The molecule has 76 valence electrons. The number of rotatable bonds is 3. The number of benzene rings is 1. The maximum Gasteiger partial charge on any atom is 0.330 e. The summed E-state index contributed by atoms with van der Waals surface area (Å²) in [7, 11) is 0. The van der Waals surface area contributed by atoms with E-state index in [9.17, 15) is 18.1 Å². The van der Waals surface area contributed by atoms with Gasteiger partial charge in [-0.25, -0.2) is 0 Å². The Hall–Kier alpha value is -1.52. The van der Waals surface area contributed by atoms with Gasteiger partial charge in [0.15, 0.2) is 0 Å². The van der Waals surface area contributed by atoms with Gasteiger partial charge in [0.05, 0.1) is 0 Å². The van der Waals surface area contributed by atoms with Crippen LogP contribution in [0.15, 0.2) is 30.3 Å². The topological polar surface area (TPSA) is 29.1 Å². The molecule has 0 saturated carbocycles. The van der Waals surface area contributed by atoms with E-state index in [1.165, 1.54) is 12.1 Å². The van der Waals surface area contributed by atoms with Crippen molar-refractivity contribution in [1.29, 1.82) is 0 Å². The van der Waals surface area contributed by atoms with Crippen LogP contribution in [0.25, 0.3) is 0 Å². The normalized spacial score (nSPS) is 11.1. The summed E-state index contributed by atoms with van der Waals surface area (Å²) in [5.74, 6) is -5.63. The molecule has 1 amide bonds. The molecule has 0 aromatic heterocycles. The van der Waals surface area contributed by atoms with Crippen LogP contribution in [0, 0.1) is 0 Å². The molecular formula is C9H8F3NO. The Kier molecular flexibility index (Phi) is 3.11. The number of hydrogen-bond acceptors (Lipinski definition) is 1. The predicted molar refractivity (Wildman–Crippen MR) is 44.3 cm³/mol. The Labute approximate surface area is 78.7 Å². The fraction of sp³-hybridized carbons (Fsp3) is 0.222. The molecule has 1 N–H and O–H groups in total. The average Bonchev–Trinajstić information content (AvgIpc) is 2.17. The molecule has 2 nitrogen and oxygen atoms in total. The van der Waals surface area contributed by atoms with E-state index in [0.29, 0.717) is 5.54 Å². The lowest BCUT2D eigenvalue weighted by atomic mass is 10.1. The predicted octanol–water partition coefficient (Wildman–Crippen LogP) is 1.87. The molecule has 1 aromatic carbocycles. The van der Waals surface area contributed by atoms with E-state index in [1.807, 2.05) is 0 Å². The molecule has 0 saturated heterocycles. The Balaban J connectivity index is 2.73. The Morgan fingerprint density at radius 3 is 2.36 bits per heavy atom. The lowest BCUT2D eigenvalue weighted by molar-refractivity contribution is -0.150. The van der Waals surface area contributed by atoms with E-state index in [0.717, 1.165) is 0 Å². The van der Waals surface area contributed by atoms with Gasteiger partial charge in [0, 0.05) is 6.42 Å². The Morgan fingerprint density at radius 1 is 1.29 bits per heavy atom. The van der Waals surface area contributed by atoms with Crippen molar-refractivity contribution < 1.29 is 18.1 Å². The standard InChI is InChI=1S/C9H8F3NO/c10-9(11,8(14)13-12)6-7-4-2-1-3-5-7/h1-5H,6H2,(H,13,14). The van der Waals surface area contributed by atoms with Crippen LogP contribution in [0.4, 0.5) is 13.3 Å². The number of carbonyl (C=O) groups is 1. The maximum atomic E-state index is 12.9. The smallest absolute Gasteiger partial charge is 0.265 e. The highest BCUT2D eigenvalue weighted by Gasteiger charge is 2.38. The van der Waals surface area contributed by atoms with Gasteiger partial charge in [-0.05, 0) is 5.56 Å². The highest BCUT2D eigenvalue weighted by molar-refractivity contribution is 5.82. The van der Waals surface area contributed by atoms with Gasteiger partial charge < -0.3 is 0 Å². The van der Waals surface area contributed by atoms with Crippen LogP contribution in [0.3, 0.4) is 0 Å². The number of alkyl halides is 2. The number of amides is 1. The van der Waals surface area contributed by atoms with Crippen LogP contribution in [0.2, 0.25) is 0 Å². The minimum Gasteiger partial charge on any atom is -0.265 e. The summed E-state index contributed by atoms with van der Waals surface area (Å²) in [6.07, 6.45) is -0.802. The molecule has 1 aromatic rings. The van der Waals surface area contributed by atoms with Crippen molar-refractivity contribution in [3.8, 4) is 0 Å². The number of nitrogens with one attached hydrogen (secondary N) is 1. The van der Waals surface area contributed by atoms with Crippen molar-refractivity contribution in [2.45, 2.75) is 12.3 Å². The van der Waals surface area contributed by atoms with Gasteiger partial charge in [0.1, 0.15) is 0 Å². The highest BCUT2D eigenvalue weighted by Crippen LogP contribution is 2.20. The molecule has 0 radical (unpaired) electrons. The van der Waals surface area contributed by atoms with E-state index >= 15 is 0 Å². The molecule has 0 heterocycles. The SMILES string of the molecule is O=C(NF)C(F)(F)Cc1ccccc1. The summed E-state index contributed by atoms with van der Waals surface area (Å²) < 4.78 is 37.2. The molecule has 5 heteroatoms. The van der Waals surface area contributed by atoms with Crippen molar-refractivity contribution in [3.05, 3.63) is 35.9 Å². The fourth-order valence-corrected chi connectivity index (χ4v) is 1.00. The monoisotopic (exact) mass is 203 g/mol. The number of carbonyl (C=O) groups excluding carboxylic acids is 1. The first-order chi connectivity index (χ1) is 6.56. The molecule has 1 rings (SSSR count). The number of hydrogen-bond donors (Lipinski definition) is 1. The van der Waals surface area contributed by atoms with Crippen molar-refractivity contribution >= 4 is 5.91 Å². The number of halogens is 3. The molecule has 0 atom stereocenters. The summed E-state index contributed by atoms with van der Waals surface area (Å²) in [4.78, 5) is 10.4. The van der Waals surface area contributed by atoms with Crippen LogP contribution in [-0.4, -0.2) is 11.8 Å². The summed E-state index contributed by atoms with van der Waals surface area (Å²) in [5, 5.41) is 0. The fourth-order valence-electron chi connectivity index (χ4n) is 1.00. The molecular weight excluding hydrogens is 195 g/mol. The summed E-state index contributed by atoms with van der Waals surface area (Å²) >= 11 is 0. The van der Waals surface area contributed by atoms with Crippen LogP contribution in [0.1, 0.15) is 5.56 Å². The second-order valence-corrected chi connectivity index (χ2v) is 2.79. The average molecular weight is 203 g/mol. The lowest BCUT2D eigenvalue weighted by Crippen LogP contribution is -2.38. The van der Waals surface area contributed by atoms with Crippen molar-refractivity contribution in [2.24, 2.45) is 0 Å². The third-order valence-corrected chi connectivity index (χ3v) is 1.69. The third-order valence-electron chi connectivity index (χ3n) is 1.69. The first-order valence-electron chi connectivity index (χ1n) is 3.89. The van der Waals surface area contributed by atoms with E-state index in [4.69, 9.17) is 0 Å².